The molecule has 0 radical (unpaired) electrons. The lowest BCUT2D eigenvalue weighted by molar-refractivity contribution is 0.0333. The predicted molar refractivity (Wildman–Crippen MR) is 60.2 cm³/mol. The molecule has 14 heavy (non-hydrogen) atoms. The highest BCUT2D eigenvalue weighted by molar-refractivity contribution is 4.79. The van der Waals surface area contributed by atoms with E-state index < -0.39 is 0 Å². The first-order valence-electron chi connectivity index (χ1n) is 5.91. The molecular weight excluding hydrogens is 174 g/mol. The Labute approximate surface area is 88.2 Å². The summed E-state index contributed by atoms with van der Waals surface area (Å²) in [6.07, 6.45) is 4.50. The SMILES string of the molecule is CC1CCC(CC(C(C)C)C(C)N)O1. The van der Waals surface area contributed by atoms with Crippen molar-refractivity contribution in [3.05, 3.63) is 0 Å². The van der Waals surface area contributed by atoms with Crippen LogP contribution in [0.2, 0.25) is 0 Å². The maximum atomic E-state index is 5.99. The molecule has 1 heterocycles. The van der Waals surface area contributed by atoms with Gasteiger partial charge in [0.05, 0.1) is 12.2 Å². The minimum atomic E-state index is 0.287. The molecule has 2 nitrogen and oxygen atoms in total. The second-order valence-corrected chi connectivity index (χ2v) is 5.15. The van der Waals surface area contributed by atoms with Crippen LogP contribution in [0.1, 0.15) is 47.0 Å². The van der Waals surface area contributed by atoms with Gasteiger partial charge in [0.25, 0.3) is 0 Å². The number of hydrogen-bond donors (Lipinski definition) is 1. The van der Waals surface area contributed by atoms with Crippen molar-refractivity contribution in [1.29, 1.82) is 0 Å². The molecule has 0 aromatic carbocycles. The van der Waals surface area contributed by atoms with Crippen LogP contribution >= 0.6 is 0 Å². The van der Waals surface area contributed by atoms with Gasteiger partial charge in [0.1, 0.15) is 0 Å². The van der Waals surface area contributed by atoms with Gasteiger partial charge < -0.3 is 10.5 Å². The van der Waals surface area contributed by atoms with Gasteiger partial charge in [-0.1, -0.05) is 13.8 Å². The highest BCUT2D eigenvalue weighted by Crippen LogP contribution is 2.28. The second-order valence-electron chi connectivity index (χ2n) is 5.15. The van der Waals surface area contributed by atoms with Gasteiger partial charge in [0.2, 0.25) is 0 Å². The van der Waals surface area contributed by atoms with Crippen molar-refractivity contribution in [3.8, 4) is 0 Å². The fourth-order valence-electron chi connectivity index (χ4n) is 2.46. The summed E-state index contributed by atoms with van der Waals surface area (Å²) in [6, 6.07) is 0.287. The summed E-state index contributed by atoms with van der Waals surface area (Å²) in [7, 11) is 0. The smallest absolute Gasteiger partial charge is 0.0583 e. The second kappa shape index (κ2) is 5.13. The van der Waals surface area contributed by atoms with E-state index >= 15 is 0 Å². The molecule has 0 aliphatic carbocycles. The third-order valence-electron chi connectivity index (χ3n) is 3.39. The molecule has 4 unspecified atom stereocenters. The van der Waals surface area contributed by atoms with Crippen molar-refractivity contribution in [2.45, 2.75) is 65.2 Å². The molecule has 1 aliphatic heterocycles. The molecular formula is C12H25NO. The monoisotopic (exact) mass is 199 g/mol. The minimum absolute atomic E-state index is 0.287. The molecule has 0 saturated carbocycles. The van der Waals surface area contributed by atoms with E-state index in [1.807, 2.05) is 0 Å². The summed E-state index contributed by atoms with van der Waals surface area (Å²) in [5, 5.41) is 0. The van der Waals surface area contributed by atoms with Crippen LogP contribution in [0.25, 0.3) is 0 Å². The zero-order chi connectivity index (χ0) is 10.7. The lowest BCUT2D eigenvalue weighted by Crippen LogP contribution is -2.33. The van der Waals surface area contributed by atoms with Crippen LogP contribution in [-0.2, 0) is 4.74 Å². The van der Waals surface area contributed by atoms with Crippen molar-refractivity contribution in [1.82, 2.24) is 0 Å². The Bertz CT molecular complexity index is 160. The van der Waals surface area contributed by atoms with Gasteiger partial charge in [0, 0.05) is 6.04 Å². The Hall–Kier alpha value is -0.0800. The summed E-state index contributed by atoms with van der Waals surface area (Å²) in [6.45, 7) is 8.79. The first-order valence-corrected chi connectivity index (χ1v) is 5.91. The highest BCUT2D eigenvalue weighted by atomic mass is 16.5. The third kappa shape index (κ3) is 3.25. The molecule has 0 amide bonds. The van der Waals surface area contributed by atoms with E-state index in [0.29, 0.717) is 24.0 Å². The molecule has 2 heteroatoms. The molecule has 0 aromatic heterocycles. The predicted octanol–water partition coefficient (Wildman–Crippen LogP) is 2.56. The van der Waals surface area contributed by atoms with Crippen LogP contribution in [0, 0.1) is 11.8 Å². The van der Waals surface area contributed by atoms with Gasteiger partial charge in [-0.05, 0) is 44.9 Å². The molecule has 1 rings (SSSR count). The Morgan fingerprint density at radius 1 is 1.29 bits per heavy atom. The molecule has 4 atom stereocenters. The van der Waals surface area contributed by atoms with Crippen molar-refractivity contribution < 1.29 is 4.74 Å². The fourth-order valence-corrected chi connectivity index (χ4v) is 2.46. The largest absolute Gasteiger partial charge is 0.375 e. The Balaban J connectivity index is 2.40. The molecule has 1 saturated heterocycles. The fraction of sp³-hybridized carbons (Fsp3) is 1.00. The third-order valence-corrected chi connectivity index (χ3v) is 3.39. The van der Waals surface area contributed by atoms with E-state index in [4.69, 9.17) is 10.5 Å². The summed E-state index contributed by atoms with van der Waals surface area (Å²) >= 11 is 0. The van der Waals surface area contributed by atoms with E-state index in [1.165, 1.54) is 12.8 Å². The van der Waals surface area contributed by atoms with Crippen molar-refractivity contribution in [2.24, 2.45) is 17.6 Å². The van der Waals surface area contributed by atoms with E-state index in [9.17, 15) is 0 Å². The molecule has 0 spiro atoms. The van der Waals surface area contributed by atoms with Gasteiger partial charge in [0.15, 0.2) is 0 Å². The lowest BCUT2D eigenvalue weighted by atomic mass is 9.84. The minimum Gasteiger partial charge on any atom is -0.375 e. The maximum Gasteiger partial charge on any atom is 0.0583 e. The molecule has 1 aliphatic rings. The first kappa shape index (κ1) is 12.0. The van der Waals surface area contributed by atoms with Crippen LogP contribution in [0.15, 0.2) is 0 Å². The van der Waals surface area contributed by atoms with Crippen LogP contribution in [-0.4, -0.2) is 18.2 Å². The van der Waals surface area contributed by atoms with Crippen molar-refractivity contribution in [2.75, 3.05) is 0 Å². The Morgan fingerprint density at radius 2 is 1.93 bits per heavy atom. The molecule has 2 N–H and O–H groups in total. The van der Waals surface area contributed by atoms with Gasteiger partial charge >= 0.3 is 0 Å². The number of nitrogens with two attached hydrogens (primary N) is 1. The highest BCUT2D eigenvalue weighted by Gasteiger charge is 2.27. The van der Waals surface area contributed by atoms with Gasteiger partial charge in [-0.25, -0.2) is 0 Å². The zero-order valence-corrected chi connectivity index (χ0v) is 9.99. The quantitative estimate of drug-likeness (QED) is 0.755. The van der Waals surface area contributed by atoms with E-state index in [2.05, 4.69) is 27.7 Å². The summed E-state index contributed by atoms with van der Waals surface area (Å²) in [5.41, 5.74) is 5.99. The van der Waals surface area contributed by atoms with Crippen LogP contribution < -0.4 is 5.73 Å². The topological polar surface area (TPSA) is 35.2 Å². The Kier molecular flexibility index (Phi) is 4.39. The van der Waals surface area contributed by atoms with E-state index in [-0.39, 0.29) is 6.04 Å². The standard InChI is InChI=1S/C12H25NO/c1-8(2)12(10(4)13)7-11-6-5-9(3)14-11/h8-12H,5-7,13H2,1-4H3. The summed E-state index contributed by atoms with van der Waals surface area (Å²) in [4.78, 5) is 0. The maximum absolute atomic E-state index is 5.99. The van der Waals surface area contributed by atoms with Crippen molar-refractivity contribution >= 4 is 0 Å². The van der Waals surface area contributed by atoms with Crippen LogP contribution in [0.5, 0.6) is 0 Å². The lowest BCUT2D eigenvalue weighted by Gasteiger charge is -2.27. The average molecular weight is 199 g/mol. The van der Waals surface area contributed by atoms with Gasteiger partial charge in [-0.2, -0.15) is 0 Å². The van der Waals surface area contributed by atoms with E-state index in [0.717, 1.165) is 6.42 Å². The van der Waals surface area contributed by atoms with Crippen molar-refractivity contribution in [3.63, 3.8) is 0 Å². The zero-order valence-electron chi connectivity index (χ0n) is 9.99. The van der Waals surface area contributed by atoms with Crippen LogP contribution in [0.3, 0.4) is 0 Å². The molecule has 84 valence electrons. The molecule has 0 bridgehead atoms. The first-order chi connectivity index (χ1) is 6.50. The van der Waals surface area contributed by atoms with Gasteiger partial charge in [-0.3, -0.25) is 0 Å². The molecule has 1 fully saturated rings. The summed E-state index contributed by atoms with van der Waals surface area (Å²) in [5.74, 6) is 1.26. The number of rotatable bonds is 4. The Morgan fingerprint density at radius 3 is 2.29 bits per heavy atom. The molecule has 0 aromatic rings. The van der Waals surface area contributed by atoms with E-state index in [1.54, 1.807) is 0 Å². The number of ether oxygens (including phenoxy) is 1. The van der Waals surface area contributed by atoms with Gasteiger partial charge in [-0.15, -0.1) is 0 Å². The normalized spacial score (nSPS) is 32.1. The average Bonchev–Trinajstić information content (AvgIpc) is 2.46. The van der Waals surface area contributed by atoms with Crippen LogP contribution in [0.4, 0.5) is 0 Å². The summed E-state index contributed by atoms with van der Waals surface area (Å²) < 4.78 is 5.84. The number of hydrogen-bond acceptors (Lipinski definition) is 2.